The Hall–Kier alpha value is -3.50. The molecule has 164 valence electrons. The monoisotopic (exact) mass is 427 g/mol. The molecule has 2 aromatic rings. The summed E-state index contributed by atoms with van der Waals surface area (Å²) in [6.45, 7) is 4.77. The summed E-state index contributed by atoms with van der Waals surface area (Å²) in [6.07, 6.45) is 0. The number of anilines is 3. The summed E-state index contributed by atoms with van der Waals surface area (Å²) in [5.74, 6) is -0.421. The average molecular weight is 427 g/mol. The van der Waals surface area contributed by atoms with Gasteiger partial charge in [-0.1, -0.05) is 6.07 Å². The summed E-state index contributed by atoms with van der Waals surface area (Å²) in [6, 6.07) is 12.2. The highest BCUT2D eigenvalue weighted by atomic mass is 16.6. The van der Waals surface area contributed by atoms with Crippen molar-refractivity contribution in [3.8, 4) is 0 Å². The van der Waals surface area contributed by atoms with Gasteiger partial charge in [-0.15, -0.1) is 0 Å². The van der Waals surface area contributed by atoms with E-state index in [2.05, 4.69) is 16.0 Å². The minimum Gasteiger partial charge on any atom is -0.379 e. The van der Waals surface area contributed by atoms with Crippen molar-refractivity contribution < 1.29 is 19.2 Å². The fraction of sp³-hybridized carbons (Fsp3) is 0.333. The third-order valence-electron chi connectivity index (χ3n) is 4.74. The van der Waals surface area contributed by atoms with Gasteiger partial charge >= 0.3 is 0 Å². The molecule has 1 fully saturated rings. The smallest absolute Gasteiger partial charge is 0.271 e. The fourth-order valence-electron chi connectivity index (χ4n) is 3.08. The summed E-state index contributed by atoms with van der Waals surface area (Å²) < 4.78 is 5.27. The van der Waals surface area contributed by atoms with Gasteiger partial charge in [0.2, 0.25) is 11.8 Å². The van der Waals surface area contributed by atoms with Crippen molar-refractivity contribution in [3.05, 3.63) is 58.6 Å². The maximum Gasteiger partial charge on any atom is 0.271 e. The van der Waals surface area contributed by atoms with Crippen LogP contribution in [0.25, 0.3) is 0 Å². The van der Waals surface area contributed by atoms with E-state index in [1.807, 2.05) is 4.90 Å². The van der Waals surface area contributed by atoms with E-state index in [4.69, 9.17) is 4.74 Å². The van der Waals surface area contributed by atoms with Gasteiger partial charge in [-0.25, -0.2) is 0 Å². The van der Waals surface area contributed by atoms with Gasteiger partial charge in [0.05, 0.1) is 24.7 Å². The zero-order valence-electron chi connectivity index (χ0n) is 17.2. The Morgan fingerprint density at radius 2 is 1.74 bits per heavy atom. The second kappa shape index (κ2) is 10.5. The third kappa shape index (κ3) is 6.76. The molecule has 1 unspecified atom stereocenters. The second-order valence-corrected chi connectivity index (χ2v) is 7.18. The van der Waals surface area contributed by atoms with Crippen LogP contribution in [0.15, 0.2) is 48.5 Å². The Kier molecular flexibility index (Phi) is 7.52. The first kappa shape index (κ1) is 22.2. The molecule has 1 saturated heterocycles. The van der Waals surface area contributed by atoms with Gasteiger partial charge in [0.1, 0.15) is 6.04 Å². The highest BCUT2D eigenvalue weighted by Crippen LogP contribution is 2.18. The van der Waals surface area contributed by atoms with E-state index < -0.39 is 11.0 Å². The van der Waals surface area contributed by atoms with Crippen LogP contribution in [0, 0.1) is 10.1 Å². The quantitative estimate of drug-likeness (QED) is 0.436. The predicted octanol–water partition coefficient (Wildman–Crippen LogP) is 2.30. The topological polar surface area (TPSA) is 126 Å². The molecule has 0 radical (unpaired) electrons. The molecular weight excluding hydrogens is 402 g/mol. The van der Waals surface area contributed by atoms with Crippen LogP contribution in [-0.4, -0.2) is 60.5 Å². The van der Waals surface area contributed by atoms with Gasteiger partial charge in [-0.2, -0.15) is 0 Å². The van der Waals surface area contributed by atoms with Crippen molar-refractivity contribution in [2.45, 2.75) is 13.0 Å². The summed E-state index contributed by atoms with van der Waals surface area (Å²) in [7, 11) is 0. The Labute approximate surface area is 179 Å². The lowest BCUT2D eigenvalue weighted by Gasteiger charge is -2.25. The zero-order valence-corrected chi connectivity index (χ0v) is 17.2. The molecule has 0 aromatic heterocycles. The summed E-state index contributed by atoms with van der Waals surface area (Å²) in [5, 5.41) is 19.4. The van der Waals surface area contributed by atoms with Crippen LogP contribution >= 0.6 is 0 Å². The summed E-state index contributed by atoms with van der Waals surface area (Å²) >= 11 is 0. The van der Waals surface area contributed by atoms with Gasteiger partial charge in [0.25, 0.3) is 5.69 Å². The molecule has 10 nitrogen and oxygen atoms in total. The SMILES string of the molecule is CC(Nc1ccc(NC(=O)CN2CCOCC2)cc1)C(=O)Nc1cccc([N+](=O)[O-])c1. The van der Waals surface area contributed by atoms with Crippen LogP contribution in [0.1, 0.15) is 6.92 Å². The van der Waals surface area contributed by atoms with Crippen molar-refractivity contribution in [3.63, 3.8) is 0 Å². The number of nitrogens with one attached hydrogen (secondary N) is 3. The second-order valence-electron chi connectivity index (χ2n) is 7.18. The van der Waals surface area contributed by atoms with Crippen molar-refractivity contribution in [1.29, 1.82) is 0 Å². The molecular formula is C21H25N5O5. The van der Waals surface area contributed by atoms with Crippen molar-refractivity contribution in [1.82, 2.24) is 4.90 Å². The molecule has 0 bridgehead atoms. The molecule has 31 heavy (non-hydrogen) atoms. The molecule has 0 saturated carbocycles. The number of carbonyl (C=O) groups is 2. The van der Waals surface area contributed by atoms with Gasteiger partial charge in [0.15, 0.2) is 0 Å². The number of ether oxygens (including phenoxy) is 1. The molecule has 2 aromatic carbocycles. The highest BCUT2D eigenvalue weighted by molar-refractivity contribution is 5.96. The number of benzene rings is 2. The van der Waals surface area contributed by atoms with Crippen LogP contribution in [0.5, 0.6) is 0 Å². The van der Waals surface area contributed by atoms with Crippen LogP contribution in [-0.2, 0) is 14.3 Å². The lowest BCUT2D eigenvalue weighted by Crippen LogP contribution is -2.41. The Morgan fingerprint density at radius 1 is 1.06 bits per heavy atom. The number of morpholine rings is 1. The van der Waals surface area contributed by atoms with Crippen molar-refractivity contribution in [2.24, 2.45) is 0 Å². The van der Waals surface area contributed by atoms with Crippen molar-refractivity contribution in [2.75, 3.05) is 48.8 Å². The van der Waals surface area contributed by atoms with E-state index in [9.17, 15) is 19.7 Å². The molecule has 0 spiro atoms. The number of non-ortho nitro benzene ring substituents is 1. The summed E-state index contributed by atoms with van der Waals surface area (Å²) in [5.41, 5.74) is 1.63. The molecule has 3 rings (SSSR count). The number of amides is 2. The number of nitro benzene ring substituents is 1. The van der Waals surface area contributed by atoms with Crippen LogP contribution in [0.2, 0.25) is 0 Å². The zero-order chi connectivity index (χ0) is 22.2. The third-order valence-corrected chi connectivity index (χ3v) is 4.74. The lowest BCUT2D eigenvalue weighted by molar-refractivity contribution is -0.384. The molecule has 2 amide bonds. The highest BCUT2D eigenvalue weighted by Gasteiger charge is 2.16. The minimum absolute atomic E-state index is 0.0905. The van der Waals surface area contributed by atoms with E-state index in [0.29, 0.717) is 36.8 Å². The molecule has 10 heteroatoms. The number of rotatable bonds is 8. The number of nitrogens with zero attached hydrogens (tertiary/aromatic N) is 2. The normalized spacial score (nSPS) is 15.0. The van der Waals surface area contributed by atoms with E-state index in [1.165, 1.54) is 18.2 Å². The van der Waals surface area contributed by atoms with Gasteiger partial charge in [-0.05, 0) is 37.3 Å². The van der Waals surface area contributed by atoms with Gasteiger partial charge in [0, 0.05) is 42.3 Å². The van der Waals surface area contributed by atoms with Crippen LogP contribution in [0.3, 0.4) is 0 Å². The summed E-state index contributed by atoms with van der Waals surface area (Å²) in [4.78, 5) is 36.9. The fourth-order valence-corrected chi connectivity index (χ4v) is 3.08. The first-order valence-corrected chi connectivity index (χ1v) is 9.92. The molecule has 1 atom stereocenters. The van der Waals surface area contributed by atoms with Gasteiger partial charge in [-0.3, -0.25) is 24.6 Å². The largest absolute Gasteiger partial charge is 0.379 e. The Balaban J connectivity index is 1.49. The van der Waals surface area contributed by atoms with E-state index in [-0.39, 0.29) is 17.5 Å². The maximum absolute atomic E-state index is 12.4. The molecule has 3 N–H and O–H groups in total. The number of hydrogen-bond donors (Lipinski definition) is 3. The Bertz CT molecular complexity index is 928. The first-order chi connectivity index (χ1) is 14.9. The van der Waals surface area contributed by atoms with E-state index in [0.717, 1.165) is 13.1 Å². The molecule has 0 aliphatic carbocycles. The van der Waals surface area contributed by atoms with Gasteiger partial charge < -0.3 is 20.7 Å². The minimum atomic E-state index is -0.582. The van der Waals surface area contributed by atoms with Crippen molar-refractivity contribution >= 4 is 34.6 Å². The standard InChI is InChI=1S/C21H25N5O5/c1-15(21(28)24-18-3-2-4-19(13-18)26(29)30)22-16-5-7-17(8-6-16)23-20(27)14-25-9-11-31-12-10-25/h2-8,13,15,22H,9-12,14H2,1H3,(H,23,27)(H,24,28). The molecule has 1 aliphatic rings. The Morgan fingerprint density at radius 3 is 2.42 bits per heavy atom. The average Bonchev–Trinajstić information content (AvgIpc) is 2.76. The van der Waals surface area contributed by atoms with E-state index >= 15 is 0 Å². The predicted molar refractivity (Wildman–Crippen MR) is 117 cm³/mol. The molecule has 1 heterocycles. The number of hydrogen-bond acceptors (Lipinski definition) is 7. The molecule has 1 aliphatic heterocycles. The lowest BCUT2D eigenvalue weighted by atomic mass is 10.2. The van der Waals surface area contributed by atoms with E-state index in [1.54, 1.807) is 37.3 Å². The first-order valence-electron chi connectivity index (χ1n) is 9.92. The maximum atomic E-state index is 12.4. The van der Waals surface area contributed by atoms with Crippen LogP contribution in [0.4, 0.5) is 22.7 Å². The van der Waals surface area contributed by atoms with Crippen LogP contribution < -0.4 is 16.0 Å². The number of carbonyl (C=O) groups excluding carboxylic acids is 2. The number of nitro groups is 1.